The summed E-state index contributed by atoms with van der Waals surface area (Å²) in [6.45, 7) is -0.729. The summed E-state index contributed by atoms with van der Waals surface area (Å²) in [7, 11) is 0. The molecule has 0 bridgehead atoms. The summed E-state index contributed by atoms with van der Waals surface area (Å²) in [5.74, 6) is -1.92. The second-order valence-electron chi connectivity index (χ2n) is 2.63. The van der Waals surface area contributed by atoms with Crippen LogP contribution in [-0.2, 0) is 9.59 Å². The van der Waals surface area contributed by atoms with Crippen molar-refractivity contribution >= 4 is 11.9 Å². The van der Waals surface area contributed by atoms with Crippen LogP contribution in [0, 0.1) is 0 Å². The third kappa shape index (κ3) is 12.8. The van der Waals surface area contributed by atoms with Crippen LogP contribution in [0.25, 0.3) is 0 Å². The molecule has 0 aliphatic carbocycles. The molecule has 0 aromatic carbocycles. The SMILES string of the molecule is NC(=O)C[C@H](N)C(=O)O.OCC(O)CO. The molecule has 0 fully saturated rings. The van der Waals surface area contributed by atoms with Gasteiger partial charge in [-0.05, 0) is 0 Å². The van der Waals surface area contributed by atoms with Crippen molar-refractivity contribution in [3.8, 4) is 0 Å². The summed E-state index contributed by atoms with van der Waals surface area (Å²) in [4.78, 5) is 19.9. The van der Waals surface area contributed by atoms with Gasteiger partial charge in [0.2, 0.25) is 5.91 Å². The first kappa shape index (κ1) is 16.2. The average Bonchev–Trinajstić information content (AvgIpc) is 2.16. The maximum Gasteiger partial charge on any atom is 0.321 e. The smallest absolute Gasteiger partial charge is 0.321 e. The number of amides is 1. The predicted molar refractivity (Wildman–Crippen MR) is 49.6 cm³/mol. The van der Waals surface area contributed by atoms with Gasteiger partial charge in [-0.2, -0.15) is 0 Å². The first-order valence-electron chi connectivity index (χ1n) is 4.01. The minimum Gasteiger partial charge on any atom is -0.480 e. The number of aliphatic carboxylic acids is 1. The number of rotatable bonds is 5. The van der Waals surface area contributed by atoms with Crippen LogP contribution in [0.4, 0.5) is 0 Å². The van der Waals surface area contributed by atoms with Crippen LogP contribution >= 0.6 is 0 Å². The number of nitrogens with two attached hydrogens (primary N) is 2. The lowest BCUT2D eigenvalue weighted by Gasteiger charge is -1.99. The Morgan fingerprint density at radius 1 is 1.20 bits per heavy atom. The zero-order chi connectivity index (χ0) is 12.4. The number of hydrogen-bond acceptors (Lipinski definition) is 6. The molecule has 8 heteroatoms. The van der Waals surface area contributed by atoms with E-state index in [1.807, 2.05) is 0 Å². The maximum atomic E-state index is 9.99. The van der Waals surface area contributed by atoms with E-state index in [1.54, 1.807) is 0 Å². The minimum absolute atomic E-state index is 0.310. The van der Waals surface area contributed by atoms with Crippen LogP contribution in [0.5, 0.6) is 0 Å². The molecule has 15 heavy (non-hydrogen) atoms. The Kier molecular flexibility index (Phi) is 10.1. The Morgan fingerprint density at radius 2 is 1.60 bits per heavy atom. The van der Waals surface area contributed by atoms with Crippen molar-refractivity contribution in [2.75, 3.05) is 13.2 Å². The lowest BCUT2D eigenvalue weighted by molar-refractivity contribution is -0.140. The highest BCUT2D eigenvalue weighted by atomic mass is 16.4. The molecule has 0 radical (unpaired) electrons. The van der Waals surface area contributed by atoms with Crippen LogP contribution in [0.2, 0.25) is 0 Å². The Hall–Kier alpha value is -1.22. The van der Waals surface area contributed by atoms with E-state index >= 15 is 0 Å². The number of hydrogen-bond donors (Lipinski definition) is 6. The van der Waals surface area contributed by atoms with Gasteiger partial charge >= 0.3 is 5.97 Å². The molecule has 0 aliphatic heterocycles. The maximum absolute atomic E-state index is 9.99. The highest BCUT2D eigenvalue weighted by molar-refractivity contribution is 5.83. The van der Waals surface area contributed by atoms with E-state index in [2.05, 4.69) is 5.73 Å². The number of carboxylic acid groups (broad SMARTS) is 1. The van der Waals surface area contributed by atoms with Gasteiger partial charge in [0.15, 0.2) is 0 Å². The number of aliphatic hydroxyl groups is 3. The van der Waals surface area contributed by atoms with Crippen molar-refractivity contribution in [2.24, 2.45) is 11.5 Å². The van der Waals surface area contributed by atoms with E-state index in [1.165, 1.54) is 0 Å². The Balaban J connectivity index is 0. The van der Waals surface area contributed by atoms with Crippen molar-refractivity contribution in [3.63, 3.8) is 0 Å². The first-order valence-corrected chi connectivity index (χ1v) is 4.01. The second-order valence-corrected chi connectivity index (χ2v) is 2.63. The summed E-state index contributed by atoms with van der Waals surface area (Å²) in [5, 5.41) is 32.1. The fraction of sp³-hybridized carbons (Fsp3) is 0.714. The van der Waals surface area contributed by atoms with E-state index < -0.39 is 24.0 Å². The van der Waals surface area contributed by atoms with Crippen LogP contribution in [0.3, 0.4) is 0 Å². The van der Waals surface area contributed by atoms with E-state index in [0.717, 1.165) is 0 Å². The fourth-order valence-electron chi connectivity index (χ4n) is 0.362. The molecule has 0 aliphatic rings. The number of aliphatic hydroxyl groups excluding tert-OH is 3. The van der Waals surface area contributed by atoms with E-state index in [4.69, 9.17) is 26.2 Å². The Morgan fingerprint density at radius 3 is 1.67 bits per heavy atom. The molecule has 0 saturated carbocycles. The van der Waals surface area contributed by atoms with Gasteiger partial charge in [-0.3, -0.25) is 9.59 Å². The molecule has 0 heterocycles. The number of carbonyl (C=O) groups excluding carboxylic acids is 1. The molecular weight excluding hydrogens is 208 g/mol. The molecule has 0 aromatic heterocycles. The number of carboxylic acids is 1. The second kappa shape index (κ2) is 9.34. The van der Waals surface area contributed by atoms with E-state index in [-0.39, 0.29) is 19.6 Å². The summed E-state index contributed by atoms with van der Waals surface area (Å²) in [6, 6.07) is -1.16. The highest BCUT2D eigenvalue weighted by Gasteiger charge is 2.13. The van der Waals surface area contributed by atoms with Gasteiger partial charge < -0.3 is 31.9 Å². The quantitative estimate of drug-likeness (QED) is 0.283. The van der Waals surface area contributed by atoms with Crippen molar-refractivity contribution in [1.29, 1.82) is 0 Å². The van der Waals surface area contributed by atoms with Gasteiger partial charge in [-0.15, -0.1) is 0 Å². The fourth-order valence-corrected chi connectivity index (χ4v) is 0.362. The van der Waals surface area contributed by atoms with Crippen LogP contribution in [0.1, 0.15) is 6.42 Å². The molecule has 0 unspecified atom stereocenters. The average molecular weight is 224 g/mol. The zero-order valence-electron chi connectivity index (χ0n) is 8.04. The summed E-state index contributed by atoms with van der Waals surface area (Å²) >= 11 is 0. The molecular formula is C7H16N2O6. The summed E-state index contributed by atoms with van der Waals surface area (Å²) < 4.78 is 0. The predicted octanol–water partition coefficient (Wildman–Crippen LogP) is -3.39. The van der Waals surface area contributed by atoms with Crippen molar-refractivity contribution in [2.45, 2.75) is 18.6 Å². The van der Waals surface area contributed by atoms with E-state index in [9.17, 15) is 9.59 Å². The van der Waals surface area contributed by atoms with Crippen molar-refractivity contribution < 1.29 is 30.0 Å². The molecule has 1 amide bonds. The summed E-state index contributed by atoms with van der Waals surface area (Å²) in [5.41, 5.74) is 9.57. The number of carbonyl (C=O) groups is 2. The molecule has 90 valence electrons. The topological polar surface area (TPSA) is 167 Å². The molecule has 0 aromatic rings. The normalized spacial score (nSPS) is 11.5. The lowest BCUT2D eigenvalue weighted by atomic mass is 10.2. The Bertz CT molecular complexity index is 194. The molecule has 1 atom stereocenters. The van der Waals surface area contributed by atoms with Gasteiger partial charge in [0, 0.05) is 0 Å². The lowest BCUT2D eigenvalue weighted by Crippen LogP contribution is -2.34. The third-order valence-electron chi connectivity index (χ3n) is 1.16. The number of primary amides is 1. The first-order chi connectivity index (χ1) is 6.84. The van der Waals surface area contributed by atoms with Gasteiger partial charge in [0.05, 0.1) is 19.6 Å². The van der Waals surface area contributed by atoms with Crippen LogP contribution < -0.4 is 11.5 Å². The summed E-state index contributed by atoms with van der Waals surface area (Å²) in [6.07, 6.45) is -1.26. The monoisotopic (exact) mass is 224 g/mol. The third-order valence-corrected chi connectivity index (χ3v) is 1.16. The van der Waals surface area contributed by atoms with Crippen molar-refractivity contribution in [1.82, 2.24) is 0 Å². The largest absolute Gasteiger partial charge is 0.480 e. The standard InChI is InChI=1S/C4H8N2O3.C3H8O3/c5-2(4(8)9)1-3(6)7;4-1-3(6)2-5/h2H,1,5H2,(H2,6,7)(H,8,9);3-6H,1-2H2/t2-;/m0./s1. The van der Waals surface area contributed by atoms with Crippen LogP contribution in [0.15, 0.2) is 0 Å². The minimum atomic E-state index is -1.21. The van der Waals surface area contributed by atoms with Gasteiger partial charge in [-0.1, -0.05) is 0 Å². The van der Waals surface area contributed by atoms with Gasteiger partial charge in [-0.25, -0.2) is 0 Å². The van der Waals surface area contributed by atoms with E-state index in [0.29, 0.717) is 0 Å². The molecule has 0 saturated heterocycles. The van der Waals surface area contributed by atoms with Gasteiger partial charge in [0.1, 0.15) is 12.1 Å². The molecule has 8 N–H and O–H groups in total. The molecule has 0 rings (SSSR count). The molecule has 8 nitrogen and oxygen atoms in total. The Labute approximate surface area is 86.1 Å². The zero-order valence-corrected chi connectivity index (χ0v) is 8.04. The van der Waals surface area contributed by atoms with Crippen molar-refractivity contribution in [3.05, 3.63) is 0 Å². The van der Waals surface area contributed by atoms with Crippen LogP contribution in [-0.4, -0.2) is 57.7 Å². The van der Waals surface area contributed by atoms with Gasteiger partial charge in [0.25, 0.3) is 0 Å². The highest BCUT2D eigenvalue weighted by Crippen LogP contribution is 1.84. The molecule has 0 spiro atoms.